The molecule has 2 aromatic heterocycles. The molecular formula is C14H18N2O2S2. The zero-order valence-corrected chi connectivity index (χ0v) is 12.9. The Morgan fingerprint density at radius 3 is 3.05 bits per heavy atom. The van der Waals surface area contributed by atoms with Crippen molar-refractivity contribution in [1.82, 2.24) is 9.97 Å². The summed E-state index contributed by atoms with van der Waals surface area (Å²) in [5.41, 5.74) is 1.48. The van der Waals surface area contributed by atoms with Gasteiger partial charge >= 0.3 is 0 Å². The van der Waals surface area contributed by atoms with E-state index in [1.807, 2.05) is 11.3 Å². The van der Waals surface area contributed by atoms with Crippen molar-refractivity contribution >= 4 is 33.3 Å². The third kappa shape index (κ3) is 2.98. The molecule has 0 fully saturated rings. The first-order valence-corrected chi connectivity index (χ1v) is 8.77. The zero-order chi connectivity index (χ0) is 13.8. The molecule has 1 N–H and O–H groups in total. The van der Waals surface area contributed by atoms with Crippen molar-refractivity contribution in [3.05, 3.63) is 16.8 Å². The lowest BCUT2D eigenvalue weighted by atomic mass is 9.97. The van der Waals surface area contributed by atoms with E-state index in [0.717, 1.165) is 22.0 Å². The molecule has 3 rings (SSSR count). The Kier molecular flexibility index (Phi) is 4.88. The van der Waals surface area contributed by atoms with Crippen molar-refractivity contribution in [3.63, 3.8) is 0 Å². The Bertz CT molecular complexity index is 586. The second-order valence-electron chi connectivity index (χ2n) is 4.75. The fourth-order valence-corrected chi connectivity index (χ4v) is 4.71. The first kappa shape index (κ1) is 14.3. The van der Waals surface area contributed by atoms with Gasteiger partial charge in [-0.15, -0.1) is 23.1 Å². The molecule has 0 aliphatic heterocycles. The van der Waals surface area contributed by atoms with Crippen molar-refractivity contribution < 1.29 is 9.84 Å². The minimum Gasteiger partial charge on any atom is -0.394 e. The highest BCUT2D eigenvalue weighted by Gasteiger charge is 2.19. The van der Waals surface area contributed by atoms with Crippen LogP contribution in [-0.2, 0) is 17.6 Å². The van der Waals surface area contributed by atoms with Gasteiger partial charge in [-0.2, -0.15) is 0 Å². The van der Waals surface area contributed by atoms with E-state index < -0.39 is 0 Å². The van der Waals surface area contributed by atoms with Crippen LogP contribution in [-0.4, -0.2) is 40.6 Å². The van der Waals surface area contributed by atoms with Crippen molar-refractivity contribution in [1.29, 1.82) is 0 Å². The molecule has 20 heavy (non-hydrogen) atoms. The monoisotopic (exact) mass is 310 g/mol. The second kappa shape index (κ2) is 6.85. The van der Waals surface area contributed by atoms with Gasteiger partial charge in [-0.25, -0.2) is 9.97 Å². The maximum absolute atomic E-state index is 8.68. The number of rotatable bonds is 6. The molecule has 2 aromatic rings. The van der Waals surface area contributed by atoms with Crippen molar-refractivity contribution in [2.45, 2.75) is 30.7 Å². The van der Waals surface area contributed by atoms with E-state index in [0.29, 0.717) is 13.2 Å². The van der Waals surface area contributed by atoms with E-state index in [9.17, 15) is 0 Å². The summed E-state index contributed by atoms with van der Waals surface area (Å²) in [6.45, 7) is 1.14. The van der Waals surface area contributed by atoms with Crippen molar-refractivity contribution in [3.8, 4) is 0 Å². The van der Waals surface area contributed by atoms with Crippen molar-refractivity contribution in [2.75, 3.05) is 25.6 Å². The van der Waals surface area contributed by atoms with Gasteiger partial charge in [0.2, 0.25) is 0 Å². The largest absolute Gasteiger partial charge is 0.394 e. The molecule has 0 amide bonds. The molecule has 108 valence electrons. The fourth-order valence-electron chi connectivity index (χ4n) is 2.53. The fraction of sp³-hybridized carbons (Fsp3) is 0.571. The average molecular weight is 310 g/mol. The minimum absolute atomic E-state index is 0.0838. The van der Waals surface area contributed by atoms with Crippen LogP contribution < -0.4 is 0 Å². The smallest absolute Gasteiger partial charge is 0.128 e. The Labute approximate surface area is 126 Å². The van der Waals surface area contributed by atoms with Crippen LogP contribution in [0.15, 0.2) is 11.4 Å². The van der Waals surface area contributed by atoms with E-state index >= 15 is 0 Å². The third-order valence-corrected chi connectivity index (χ3v) is 5.57. The summed E-state index contributed by atoms with van der Waals surface area (Å²) in [7, 11) is 0. The molecule has 6 heteroatoms. The van der Waals surface area contributed by atoms with E-state index in [-0.39, 0.29) is 6.61 Å². The van der Waals surface area contributed by atoms with Crippen molar-refractivity contribution in [2.24, 2.45) is 0 Å². The van der Waals surface area contributed by atoms with Gasteiger partial charge in [0.25, 0.3) is 0 Å². The van der Waals surface area contributed by atoms with Crippen LogP contribution in [0.1, 0.15) is 23.3 Å². The van der Waals surface area contributed by atoms with Gasteiger partial charge in [-0.3, -0.25) is 0 Å². The maximum Gasteiger partial charge on any atom is 0.128 e. The average Bonchev–Trinajstić information content (AvgIpc) is 2.86. The highest BCUT2D eigenvalue weighted by molar-refractivity contribution is 7.99. The molecule has 0 unspecified atom stereocenters. The van der Waals surface area contributed by atoms with Gasteiger partial charge < -0.3 is 9.84 Å². The number of thiophene rings is 1. The molecule has 0 bridgehead atoms. The number of nitrogens with zero attached hydrogens (tertiary/aromatic N) is 2. The van der Waals surface area contributed by atoms with Gasteiger partial charge in [0.05, 0.1) is 19.8 Å². The normalized spacial score (nSPS) is 14.7. The van der Waals surface area contributed by atoms with Gasteiger partial charge in [-0.05, 0) is 31.2 Å². The quantitative estimate of drug-likeness (QED) is 0.505. The summed E-state index contributed by atoms with van der Waals surface area (Å²) >= 11 is 3.56. The van der Waals surface area contributed by atoms with Gasteiger partial charge in [-0.1, -0.05) is 0 Å². The molecule has 0 atom stereocenters. The molecule has 4 nitrogen and oxygen atoms in total. The Morgan fingerprint density at radius 2 is 2.15 bits per heavy atom. The topological polar surface area (TPSA) is 55.2 Å². The number of ether oxygens (including phenoxy) is 1. The van der Waals surface area contributed by atoms with Crippen LogP contribution in [0.4, 0.5) is 0 Å². The number of aliphatic hydroxyl groups excluding tert-OH is 1. The molecule has 0 saturated carbocycles. The SMILES string of the molecule is OCCOCCSc1ncnc2sc3c(c12)CCCC3. The van der Waals surface area contributed by atoms with Gasteiger partial charge in [0.1, 0.15) is 16.2 Å². The van der Waals surface area contributed by atoms with Crippen LogP contribution in [0.2, 0.25) is 0 Å². The summed E-state index contributed by atoms with van der Waals surface area (Å²) in [5.74, 6) is 0.858. The number of hydrogen-bond acceptors (Lipinski definition) is 6. The lowest BCUT2D eigenvalue weighted by Crippen LogP contribution is -2.03. The first-order chi connectivity index (χ1) is 9.90. The number of hydrogen-bond donors (Lipinski definition) is 1. The van der Waals surface area contributed by atoms with E-state index in [2.05, 4.69) is 9.97 Å². The van der Waals surface area contributed by atoms with Crippen LogP contribution in [0.5, 0.6) is 0 Å². The molecule has 0 radical (unpaired) electrons. The predicted molar refractivity (Wildman–Crippen MR) is 82.7 cm³/mol. The zero-order valence-electron chi connectivity index (χ0n) is 11.3. The summed E-state index contributed by atoms with van der Waals surface area (Å²) in [6, 6.07) is 0. The Balaban J connectivity index is 1.78. The number of aromatic nitrogens is 2. The van der Waals surface area contributed by atoms with E-state index in [1.54, 1.807) is 18.1 Å². The number of fused-ring (bicyclic) bond motifs is 3. The van der Waals surface area contributed by atoms with E-state index in [1.165, 1.54) is 35.1 Å². The maximum atomic E-state index is 8.68. The lowest BCUT2D eigenvalue weighted by Gasteiger charge is -2.11. The van der Waals surface area contributed by atoms with Gasteiger partial charge in [0, 0.05) is 16.0 Å². The van der Waals surface area contributed by atoms with Gasteiger partial charge in [0.15, 0.2) is 0 Å². The molecule has 2 heterocycles. The van der Waals surface area contributed by atoms with Crippen LogP contribution in [0.25, 0.3) is 10.2 Å². The second-order valence-corrected chi connectivity index (χ2v) is 6.92. The van der Waals surface area contributed by atoms with Crippen LogP contribution in [0, 0.1) is 0 Å². The number of aliphatic hydroxyl groups is 1. The summed E-state index contributed by atoms with van der Waals surface area (Å²) in [4.78, 5) is 11.5. The summed E-state index contributed by atoms with van der Waals surface area (Å²) in [6.07, 6.45) is 6.60. The van der Waals surface area contributed by atoms with Crippen LogP contribution >= 0.6 is 23.1 Å². The molecule has 1 aliphatic carbocycles. The highest BCUT2D eigenvalue weighted by Crippen LogP contribution is 2.39. The Hall–Kier alpha value is -0.690. The first-order valence-electron chi connectivity index (χ1n) is 6.97. The standard InChI is InChI=1S/C14H18N2O2S2/c17-5-6-18-7-8-19-13-12-10-3-1-2-4-11(10)20-14(12)16-9-15-13/h9,17H,1-8H2. The molecule has 0 saturated heterocycles. The summed E-state index contributed by atoms with van der Waals surface area (Å²) < 4.78 is 5.30. The number of thioether (sulfide) groups is 1. The molecule has 1 aliphatic rings. The molecular weight excluding hydrogens is 292 g/mol. The summed E-state index contributed by atoms with van der Waals surface area (Å²) in [5, 5.41) is 11.0. The molecule has 0 aromatic carbocycles. The lowest BCUT2D eigenvalue weighted by molar-refractivity contribution is 0.103. The Morgan fingerprint density at radius 1 is 1.25 bits per heavy atom. The van der Waals surface area contributed by atoms with E-state index in [4.69, 9.17) is 9.84 Å². The molecule has 0 spiro atoms. The highest BCUT2D eigenvalue weighted by atomic mass is 32.2. The number of aryl methyl sites for hydroxylation is 2. The van der Waals surface area contributed by atoms with Crippen LogP contribution in [0.3, 0.4) is 0 Å². The predicted octanol–water partition coefficient (Wildman–Crippen LogP) is 2.67. The third-order valence-electron chi connectivity index (χ3n) is 3.42. The minimum atomic E-state index is 0.0838.